The second-order valence-electron chi connectivity index (χ2n) is 7.09. The van der Waals surface area contributed by atoms with Gasteiger partial charge in [0.15, 0.2) is 11.7 Å². The number of hydrogen-bond donors (Lipinski definition) is 1. The summed E-state index contributed by atoms with van der Waals surface area (Å²) < 4.78 is 7.42. The molecule has 2 aromatic carbocycles. The standard InChI is InChI=1S/C23H14N4O3S/c28-19(26-23-25-9-10-31-23)12-30-13-5-6-18-17(11-13)15-7-8-24-20-14-3-1-2-4-16(14)22(29)27(18)21(15)20/h1-11H,12H2,(H,25,26,28). The Labute approximate surface area is 178 Å². The molecule has 0 saturated carbocycles. The Morgan fingerprint density at radius 2 is 1.87 bits per heavy atom. The molecule has 6 aromatic rings. The molecule has 0 bridgehead atoms. The molecular weight excluding hydrogens is 412 g/mol. The summed E-state index contributed by atoms with van der Waals surface area (Å²) in [5.74, 6) is 0.260. The summed E-state index contributed by atoms with van der Waals surface area (Å²) in [6.07, 6.45) is 3.38. The monoisotopic (exact) mass is 426 g/mol. The van der Waals surface area contributed by atoms with Crippen LogP contribution in [0.3, 0.4) is 0 Å². The number of pyridine rings is 2. The Morgan fingerprint density at radius 1 is 1.00 bits per heavy atom. The van der Waals surface area contributed by atoms with E-state index in [4.69, 9.17) is 4.74 Å². The third-order valence-corrected chi connectivity index (χ3v) is 6.00. The smallest absolute Gasteiger partial charge is 0.264 e. The predicted molar refractivity (Wildman–Crippen MR) is 121 cm³/mol. The van der Waals surface area contributed by atoms with Gasteiger partial charge in [-0.25, -0.2) is 4.98 Å². The number of aromatic nitrogens is 3. The van der Waals surface area contributed by atoms with Crippen LogP contribution in [0.4, 0.5) is 5.13 Å². The van der Waals surface area contributed by atoms with Gasteiger partial charge in [0.1, 0.15) is 5.75 Å². The number of nitrogens with one attached hydrogen (secondary N) is 1. The van der Waals surface area contributed by atoms with Crippen molar-refractivity contribution in [2.75, 3.05) is 11.9 Å². The molecule has 7 nitrogen and oxygen atoms in total. The highest BCUT2D eigenvalue weighted by molar-refractivity contribution is 7.13. The van der Waals surface area contributed by atoms with Gasteiger partial charge in [0.25, 0.3) is 11.5 Å². The molecule has 0 radical (unpaired) electrons. The summed E-state index contributed by atoms with van der Waals surface area (Å²) in [6.45, 7) is -0.138. The van der Waals surface area contributed by atoms with Gasteiger partial charge in [-0.05, 0) is 30.3 Å². The SMILES string of the molecule is O=C(COc1ccc2c(c1)c1ccnc3c4ccccc4c(=O)n2c13)Nc1nccs1. The van der Waals surface area contributed by atoms with Gasteiger partial charge in [-0.15, -0.1) is 11.3 Å². The summed E-state index contributed by atoms with van der Waals surface area (Å²) in [5.41, 5.74) is 2.28. The summed E-state index contributed by atoms with van der Waals surface area (Å²) in [7, 11) is 0. The van der Waals surface area contributed by atoms with Gasteiger partial charge in [-0.2, -0.15) is 0 Å². The lowest BCUT2D eigenvalue weighted by Gasteiger charge is -2.06. The number of amides is 1. The molecule has 0 aliphatic carbocycles. The average molecular weight is 426 g/mol. The van der Waals surface area contributed by atoms with Crippen LogP contribution in [0.2, 0.25) is 0 Å². The first-order chi connectivity index (χ1) is 15.2. The van der Waals surface area contributed by atoms with Crippen LogP contribution in [0.15, 0.2) is 71.1 Å². The van der Waals surface area contributed by atoms with Crippen LogP contribution in [0.25, 0.3) is 38.1 Å². The first kappa shape index (κ1) is 17.8. The van der Waals surface area contributed by atoms with Gasteiger partial charge >= 0.3 is 0 Å². The molecule has 0 saturated heterocycles. The number of hydrogen-bond acceptors (Lipinski definition) is 6. The molecule has 1 N–H and O–H groups in total. The maximum Gasteiger partial charge on any atom is 0.264 e. The van der Waals surface area contributed by atoms with Crippen LogP contribution in [-0.4, -0.2) is 26.9 Å². The number of benzene rings is 2. The van der Waals surface area contributed by atoms with Crippen molar-refractivity contribution in [2.45, 2.75) is 0 Å². The lowest BCUT2D eigenvalue weighted by atomic mass is 10.1. The molecule has 0 spiro atoms. The quantitative estimate of drug-likeness (QED) is 0.430. The Balaban J connectivity index is 1.46. The van der Waals surface area contributed by atoms with Crippen molar-refractivity contribution in [3.8, 4) is 5.75 Å². The maximum atomic E-state index is 13.3. The van der Waals surface area contributed by atoms with Crippen LogP contribution in [0.5, 0.6) is 5.75 Å². The normalized spacial score (nSPS) is 11.6. The Bertz CT molecular complexity index is 1660. The third-order valence-electron chi connectivity index (χ3n) is 5.31. The molecule has 31 heavy (non-hydrogen) atoms. The zero-order chi connectivity index (χ0) is 20.9. The minimum absolute atomic E-state index is 0.0763. The van der Waals surface area contributed by atoms with Gasteiger partial charge < -0.3 is 4.74 Å². The van der Waals surface area contributed by atoms with Crippen molar-refractivity contribution in [3.05, 3.63) is 76.7 Å². The highest BCUT2D eigenvalue weighted by atomic mass is 32.1. The molecule has 6 rings (SSSR count). The summed E-state index contributed by atoms with van der Waals surface area (Å²) >= 11 is 1.34. The van der Waals surface area contributed by atoms with Gasteiger partial charge in [-0.3, -0.25) is 24.3 Å². The molecule has 1 amide bonds. The molecule has 0 atom stereocenters. The van der Waals surface area contributed by atoms with E-state index in [1.165, 1.54) is 11.3 Å². The number of carbonyl (C=O) groups excluding carboxylic acids is 1. The van der Waals surface area contributed by atoms with E-state index in [1.54, 1.807) is 28.2 Å². The van der Waals surface area contributed by atoms with E-state index in [0.717, 1.165) is 32.7 Å². The fourth-order valence-corrected chi connectivity index (χ4v) is 4.57. The molecule has 4 aromatic heterocycles. The summed E-state index contributed by atoms with van der Waals surface area (Å²) in [6, 6.07) is 14.9. The second kappa shape index (κ2) is 6.75. The van der Waals surface area contributed by atoms with Gasteiger partial charge in [-0.1, -0.05) is 18.2 Å². The first-order valence-electron chi connectivity index (χ1n) is 9.60. The second-order valence-corrected chi connectivity index (χ2v) is 7.99. The first-order valence-corrected chi connectivity index (χ1v) is 10.5. The molecule has 0 fully saturated rings. The predicted octanol–water partition coefficient (Wildman–Crippen LogP) is 4.07. The van der Waals surface area contributed by atoms with E-state index in [2.05, 4.69) is 15.3 Å². The number of carbonyl (C=O) groups is 1. The van der Waals surface area contributed by atoms with Crippen molar-refractivity contribution in [1.29, 1.82) is 0 Å². The highest BCUT2D eigenvalue weighted by Crippen LogP contribution is 2.34. The molecule has 0 unspecified atom stereocenters. The molecular formula is C23H14N4O3S. The van der Waals surface area contributed by atoms with Crippen LogP contribution in [0.1, 0.15) is 0 Å². The highest BCUT2D eigenvalue weighted by Gasteiger charge is 2.18. The van der Waals surface area contributed by atoms with Gasteiger partial charge in [0.2, 0.25) is 0 Å². The molecule has 8 heteroatoms. The Kier molecular flexibility index (Phi) is 3.87. The number of rotatable bonds is 4. The zero-order valence-corrected chi connectivity index (χ0v) is 16.8. The number of ether oxygens (including phenoxy) is 1. The lowest BCUT2D eigenvalue weighted by Crippen LogP contribution is -2.19. The lowest BCUT2D eigenvalue weighted by molar-refractivity contribution is -0.118. The number of thiazole rings is 1. The van der Waals surface area contributed by atoms with Crippen LogP contribution < -0.4 is 15.6 Å². The summed E-state index contributed by atoms with van der Waals surface area (Å²) in [5, 5.41) is 8.27. The molecule has 4 heterocycles. The van der Waals surface area contributed by atoms with Crippen molar-refractivity contribution in [2.24, 2.45) is 0 Å². The van der Waals surface area contributed by atoms with E-state index in [0.29, 0.717) is 16.3 Å². The molecule has 0 aliphatic rings. The largest absolute Gasteiger partial charge is 0.484 e. The Hall–Kier alpha value is -4.04. The maximum absolute atomic E-state index is 13.3. The van der Waals surface area contributed by atoms with E-state index in [1.807, 2.05) is 42.5 Å². The minimum Gasteiger partial charge on any atom is -0.484 e. The zero-order valence-electron chi connectivity index (χ0n) is 16.0. The van der Waals surface area contributed by atoms with E-state index in [-0.39, 0.29) is 18.1 Å². The fourth-order valence-electron chi connectivity index (χ4n) is 4.03. The van der Waals surface area contributed by atoms with E-state index in [9.17, 15) is 9.59 Å². The molecule has 0 aliphatic heterocycles. The fraction of sp³-hybridized carbons (Fsp3) is 0.0435. The van der Waals surface area contributed by atoms with E-state index < -0.39 is 0 Å². The van der Waals surface area contributed by atoms with Gasteiger partial charge in [0, 0.05) is 39.3 Å². The van der Waals surface area contributed by atoms with Crippen LogP contribution in [-0.2, 0) is 4.79 Å². The van der Waals surface area contributed by atoms with Crippen LogP contribution >= 0.6 is 11.3 Å². The van der Waals surface area contributed by atoms with Crippen molar-refractivity contribution in [3.63, 3.8) is 0 Å². The molecule has 150 valence electrons. The number of fused-ring (bicyclic) bond motifs is 5. The topological polar surface area (TPSA) is 85.6 Å². The number of nitrogens with zero attached hydrogens (tertiary/aromatic N) is 3. The van der Waals surface area contributed by atoms with Crippen LogP contribution in [0, 0.1) is 0 Å². The summed E-state index contributed by atoms with van der Waals surface area (Å²) in [4.78, 5) is 34.0. The average Bonchev–Trinajstić information content (AvgIpc) is 3.42. The number of anilines is 1. The van der Waals surface area contributed by atoms with Gasteiger partial charge in [0.05, 0.1) is 16.6 Å². The van der Waals surface area contributed by atoms with E-state index >= 15 is 0 Å². The Morgan fingerprint density at radius 3 is 2.71 bits per heavy atom. The van der Waals surface area contributed by atoms with Crippen molar-refractivity contribution >= 4 is 60.5 Å². The minimum atomic E-state index is -0.285. The van der Waals surface area contributed by atoms with Crippen molar-refractivity contribution < 1.29 is 9.53 Å². The third kappa shape index (κ3) is 2.72. The van der Waals surface area contributed by atoms with Crippen molar-refractivity contribution in [1.82, 2.24) is 14.4 Å².